The van der Waals surface area contributed by atoms with Crippen LogP contribution in [0.25, 0.3) is 5.65 Å². The Labute approximate surface area is 131 Å². The molecule has 0 spiro atoms. The van der Waals surface area contributed by atoms with Gasteiger partial charge in [-0.1, -0.05) is 0 Å². The summed E-state index contributed by atoms with van der Waals surface area (Å²) in [6, 6.07) is 0. The van der Waals surface area contributed by atoms with Crippen LogP contribution in [0.2, 0.25) is 0 Å². The molecule has 3 rings (SSSR count). The van der Waals surface area contributed by atoms with E-state index >= 15 is 0 Å². The van der Waals surface area contributed by atoms with Gasteiger partial charge < -0.3 is 14.6 Å². The summed E-state index contributed by atoms with van der Waals surface area (Å²) >= 11 is 0. The largest absolute Gasteiger partial charge is 0.434 e. The summed E-state index contributed by atoms with van der Waals surface area (Å²) in [6.45, 7) is 2.99. The highest BCUT2D eigenvalue weighted by Crippen LogP contribution is 2.30. The number of rotatable bonds is 1. The van der Waals surface area contributed by atoms with E-state index in [9.17, 15) is 13.2 Å². The highest BCUT2D eigenvalue weighted by atomic mass is 35.5. The first-order valence-corrected chi connectivity index (χ1v) is 5.92. The number of nitrogens with zero attached hydrogens (tertiary/aromatic N) is 4. The van der Waals surface area contributed by atoms with Gasteiger partial charge in [-0.15, -0.1) is 24.8 Å². The molecule has 1 aliphatic rings. The van der Waals surface area contributed by atoms with E-state index in [4.69, 9.17) is 0 Å². The summed E-state index contributed by atoms with van der Waals surface area (Å²) in [6.07, 6.45) is -0.481. The zero-order chi connectivity index (χ0) is 13.5. The second kappa shape index (κ2) is 6.67. The van der Waals surface area contributed by atoms with E-state index in [-0.39, 0.29) is 30.5 Å². The average Bonchev–Trinajstić information content (AvgIpc) is 2.83. The van der Waals surface area contributed by atoms with Crippen molar-refractivity contribution in [1.82, 2.24) is 19.7 Å². The molecule has 0 amide bonds. The van der Waals surface area contributed by atoms with Crippen LogP contribution in [0.4, 0.5) is 19.0 Å². The molecule has 2 aromatic rings. The number of nitrogens with one attached hydrogen (secondary N) is 1. The fourth-order valence-electron chi connectivity index (χ4n) is 2.14. The lowest BCUT2D eigenvalue weighted by Crippen LogP contribution is -2.44. The highest BCUT2D eigenvalue weighted by molar-refractivity contribution is 5.85. The first-order valence-electron chi connectivity index (χ1n) is 5.92. The molecule has 0 bridgehead atoms. The van der Waals surface area contributed by atoms with Crippen molar-refractivity contribution in [2.75, 3.05) is 31.1 Å². The fraction of sp³-hybridized carbons (Fsp3) is 0.455. The van der Waals surface area contributed by atoms with Gasteiger partial charge >= 0.3 is 6.18 Å². The van der Waals surface area contributed by atoms with Crippen LogP contribution in [-0.4, -0.2) is 40.5 Å². The topological polar surface area (TPSA) is 45.5 Å². The lowest BCUT2D eigenvalue weighted by molar-refractivity contribution is -0.140. The van der Waals surface area contributed by atoms with E-state index in [2.05, 4.69) is 15.3 Å². The molecule has 0 radical (unpaired) electrons. The van der Waals surface area contributed by atoms with Crippen molar-refractivity contribution in [2.24, 2.45) is 0 Å². The average molecular weight is 344 g/mol. The van der Waals surface area contributed by atoms with E-state index in [0.29, 0.717) is 18.9 Å². The molecule has 21 heavy (non-hydrogen) atoms. The van der Waals surface area contributed by atoms with Crippen molar-refractivity contribution in [3.63, 3.8) is 0 Å². The first kappa shape index (κ1) is 17.8. The molecule has 3 heterocycles. The Balaban J connectivity index is 0.00000110. The van der Waals surface area contributed by atoms with Crippen LogP contribution < -0.4 is 10.2 Å². The van der Waals surface area contributed by atoms with Crippen LogP contribution in [0.3, 0.4) is 0 Å². The summed E-state index contributed by atoms with van der Waals surface area (Å²) < 4.78 is 39.4. The van der Waals surface area contributed by atoms with Crippen LogP contribution >= 0.6 is 24.8 Å². The molecule has 0 atom stereocenters. The normalized spacial score (nSPS) is 15.5. The van der Waals surface area contributed by atoms with Crippen LogP contribution in [0.5, 0.6) is 0 Å². The van der Waals surface area contributed by atoms with Gasteiger partial charge in [0.2, 0.25) is 0 Å². The number of imidazole rings is 1. The standard InChI is InChI=1S/C11H12F3N5.2ClH/c12-11(13,14)8-7-19-6-3-16-9(10(19)17-8)18-4-1-15-2-5-18;;/h3,6-7,15H,1-2,4-5H2;2*1H. The number of halogens is 5. The van der Waals surface area contributed by atoms with Gasteiger partial charge in [-0.25, -0.2) is 9.97 Å². The Bertz CT molecular complexity index is 595. The summed E-state index contributed by atoms with van der Waals surface area (Å²) in [7, 11) is 0. The van der Waals surface area contributed by atoms with E-state index in [1.807, 2.05) is 4.90 Å². The maximum absolute atomic E-state index is 12.7. The van der Waals surface area contributed by atoms with Crippen molar-refractivity contribution in [1.29, 1.82) is 0 Å². The van der Waals surface area contributed by atoms with Gasteiger partial charge in [0.05, 0.1) is 0 Å². The minimum Gasteiger partial charge on any atom is -0.351 e. The Morgan fingerprint density at radius 1 is 1.14 bits per heavy atom. The third-order valence-corrected chi connectivity index (χ3v) is 3.06. The van der Waals surface area contributed by atoms with Crippen molar-refractivity contribution in [2.45, 2.75) is 6.18 Å². The van der Waals surface area contributed by atoms with Crippen LogP contribution in [0.15, 0.2) is 18.6 Å². The third kappa shape index (κ3) is 3.50. The summed E-state index contributed by atoms with van der Waals surface area (Å²) in [5, 5.41) is 3.19. The molecule has 1 saturated heterocycles. The van der Waals surface area contributed by atoms with Crippen molar-refractivity contribution < 1.29 is 13.2 Å². The smallest absolute Gasteiger partial charge is 0.351 e. The van der Waals surface area contributed by atoms with E-state index in [1.165, 1.54) is 16.8 Å². The van der Waals surface area contributed by atoms with Gasteiger partial charge in [0.25, 0.3) is 0 Å². The molecular weight excluding hydrogens is 330 g/mol. The molecule has 118 valence electrons. The van der Waals surface area contributed by atoms with Gasteiger partial charge in [-0.2, -0.15) is 13.2 Å². The molecule has 0 unspecified atom stereocenters. The van der Waals surface area contributed by atoms with Crippen LogP contribution in [0, 0.1) is 0 Å². The predicted octanol–water partition coefficient (Wildman–Crippen LogP) is 2.00. The number of aromatic nitrogens is 3. The number of hydrogen-bond acceptors (Lipinski definition) is 4. The second-order valence-electron chi connectivity index (χ2n) is 4.34. The van der Waals surface area contributed by atoms with E-state index in [0.717, 1.165) is 19.3 Å². The van der Waals surface area contributed by atoms with Gasteiger partial charge in [0, 0.05) is 44.8 Å². The lowest BCUT2D eigenvalue weighted by atomic mass is 10.3. The number of hydrogen-bond donors (Lipinski definition) is 1. The summed E-state index contributed by atoms with van der Waals surface area (Å²) in [5.41, 5.74) is -0.645. The molecule has 1 N–H and O–H groups in total. The molecule has 1 fully saturated rings. The number of alkyl halides is 3. The summed E-state index contributed by atoms with van der Waals surface area (Å²) in [5.74, 6) is 0.500. The van der Waals surface area contributed by atoms with Gasteiger partial charge in [0.1, 0.15) is 0 Å². The fourth-order valence-corrected chi connectivity index (χ4v) is 2.14. The second-order valence-corrected chi connectivity index (χ2v) is 4.34. The Kier molecular flexibility index (Phi) is 5.66. The minimum atomic E-state index is -4.44. The predicted molar refractivity (Wildman–Crippen MR) is 77.6 cm³/mol. The molecular formula is C11H14Cl2F3N5. The van der Waals surface area contributed by atoms with Crippen molar-refractivity contribution in [3.8, 4) is 0 Å². The molecule has 2 aromatic heterocycles. The molecule has 0 aliphatic carbocycles. The lowest BCUT2D eigenvalue weighted by Gasteiger charge is -2.28. The van der Waals surface area contributed by atoms with Crippen molar-refractivity contribution >= 4 is 36.3 Å². The van der Waals surface area contributed by atoms with Crippen LogP contribution in [-0.2, 0) is 6.18 Å². The molecule has 5 nitrogen and oxygen atoms in total. The minimum absolute atomic E-state index is 0. The summed E-state index contributed by atoms with van der Waals surface area (Å²) in [4.78, 5) is 9.79. The molecule has 10 heteroatoms. The SMILES string of the molecule is Cl.Cl.FC(F)(F)c1cn2ccnc(N3CCNCC3)c2n1. The zero-order valence-corrected chi connectivity index (χ0v) is 12.4. The van der Waals surface area contributed by atoms with Gasteiger partial charge in [-0.05, 0) is 0 Å². The van der Waals surface area contributed by atoms with Gasteiger partial charge in [0.15, 0.2) is 17.2 Å². The molecule has 1 aliphatic heterocycles. The number of piperazine rings is 1. The first-order chi connectivity index (χ1) is 9.05. The van der Waals surface area contributed by atoms with Crippen molar-refractivity contribution in [3.05, 3.63) is 24.3 Å². The monoisotopic (exact) mass is 343 g/mol. The molecule has 0 aromatic carbocycles. The maximum atomic E-state index is 12.7. The van der Waals surface area contributed by atoms with Gasteiger partial charge in [-0.3, -0.25) is 0 Å². The highest BCUT2D eigenvalue weighted by Gasteiger charge is 2.34. The van der Waals surface area contributed by atoms with Crippen LogP contribution in [0.1, 0.15) is 5.69 Å². The number of fused-ring (bicyclic) bond motifs is 1. The Morgan fingerprint density at radius 3 is 2.43 bits per heavy atom. The quantitative estimate of drug-likeness (QED) is 0.860. The third-order valence-electron chi connectivity index (χ3n) is 3.06. The zero-order valence-electron chi connectivity index (χ0n) is 10.8. The Hall–Kier alpha value is -1.25. The number of anilines is 1. The van der Waals surface area contributed by atoms with E-state index < -0.39 is 11.9 Å². The van der Waals surface area contributed by atoms with E-state index in [1.54, 1.807) is 0 Å². The molecule has 0 saturated carbocycles. The Morgan fingerprint density at radius 2 is 1.81 bits per heavy atom. The maximum Gasteiger partial charge on any atom is 0.434 e.